The van der Waals surface area contributed by atoms with Crippen molar-refractivity contribution in [2.24, 2.45) is 17.3 Å². The maximum absolute atomic E-state index is 9.56. The molecule has 2 nitrogen and oxygen atoms in total. The van der Waals surface area contributed by atoms with Crippen molar-refractivity contribution < 1.29 is 5.11 Å². The molecule has 2 atom stereocenters. The molecule has 0 radical (unpaired) electrons. The van der Waals surface area contributed by atoms with Crippen LogP contribution >= 0.6 is 0 Å². The normalized spacial score (nSPS) is 32.8. The number of rotatable bonds is 5. The molecule has 2 aliphatic rings. The van der Waals surface area contributed by atoms with Crippen molar-refractivity contribution in [1.82, 2.24) is 5.32 Å². The highest BCUT2D eigenvalue weighted by molar-refractivity contribution is 4.86. The topological polar surface area (TPSA) is 32.3 Å². The van der Waals surface area contributed by atoms with E-state index in [0.29, 0.717) is 6.61 Å². The third kappa shape index (κ3) is 3.69. The second-order valence-electron chi connectivity index (χ2n) is 6.63. The number of nitrogens with one attached hydrogen (secondary N) is 1. The quantitative estimate of drug-likeness (QED) is 0.773. The highest BCUT2D eigenvalue weighted by atomic mass is 16.3. The molecule has 0 saturated heterocycles. The van der Waals surface area contributed by atoms with Crippen molar-refractivity contribution in [1.29, 1.82) is 0 Å². The SMILES string of the molecule is CC1CCCC(CNCC2(CO)CCCC2)C1. The van der Waals surface area contributed by atoms with E-state index in [2.05, 4.69) is 12.2 Å². The highest BCUT2D eigenvalue weighted by Crippen LogP contribution is 2.37. The van der Waals surface area contributed by atoms with Gasteiger partial charge >= 0.3 is 0 Å². The van der Waals surface area contributed by atoms with Crippen LogP contribution in [0.25, 0.3) is 0 Å². The van der Waals surface area contributed by atoms with Crippen LogP contribution in [0.1, 0.15) is 58.3 Å². The van der Waals surface area contributed by atoms with Crippen LogP contribution < -0.4 is 5.32 Å². The molecule has 0 aliphatic heterocycles. The minimum atomic E-state index is 0.223. The summed E-state index contributed by atoms with van der Waals surface area (Å²) in [4.78, 5) is 0. The summed E-state index contributed by atoms with van der Waals surface area (Å²) in [5.74, 6) is 1.81. The zero-order chi connectivity index (χ0) is 12.1. The average Bonchev–Trinajstić information content (AvgIpc) is 2.79. The predicted molar refractivity (Wildman–Crippen MR) is 72.0 cm³/mol. The Morgan fingerprint density at radius 1 is 1.18 bits per heavy atom. The van der Waals surface area contributed by atoms with E-state index >= 15 is 0 Å². The highest BCUT2D eigenvalue weighted by Gasteiger charge is 2.32. The van der Waals surface area contributed by atoms with Crippen molar-refractivity contribution in [3.8, 4) is 0 Å². The van der Waals surface area contributed by atoms with Crippen LogP contribution in [0.4, 0.5) is 0 Å². The van der Waals surface area contributed by atoms with Gasteiger partial charge in [-0.3, -0.25) is 0 Å². The Bertz CT molecular complexity index is 223. The lowest BCUT2D eigenvalue weighted by Gasteiger charge is -2.30. The fourth-order valence-corrected chi connectivity index (χ4v) is 3.80. The van der Waals surface area contributed by atoms with Crippen LogP contribution in [0, 0.1) is 17.3 Å². The molecular formula is C15H29NO. The average molecular weight is 239 g/mol. The van der Waals surface area contributed by atoms with E-state index < -0.39 is 0 Å². The lowest BCUT2D eigenvalue weighted by Crippen LogP contribution is -2.38. The lowest BCUT2D eigenvalue weighted by molar-refractivity contribution is 0.125. The first-order valence-corrected chi connectivity index (χ1v) is 7.56. The molecule has 0 spiro atoms. The van der Waals surface area contributed by atoms with Crippen molar-refractivity contribution in [2.45, 2.75) is 58.3 Å². The number of aliphatic hydroxyl groups excluding tert-OH is 1. The van der Waals surface area contributed by atoms with E-state index in [-0.39, 0.29) is 5.41 Å². The Morgan fingerprint density at radius 2 is 1.94 bits per heavy atom. The fourth-order valence-electron chi connectivity index (χ4n) is 3.80. The zero-order valence-electron chi connectivity index (χ0n) is 11.4. The molecule has 2 unspecified atom stereocenters. The second-order valence-corrected chi connectivity index (χ2v) is 6.63. The van der Waals surface area contributed by atoms with Gasteiger partial charge < -0.3 is 10.4 Å². The maximum atomic E-state index is 9.56. The molecule has 0 heterocycles. The third-order valence-electron chi connectivity index (χ3n) is 4.98. The number of aliphatic hydroxyl groups is 1. The van der Waals surface area contributed by atoms with Gasteiger partial charge in [-0.1, -0.05) is 32.6 Å². The molecule has 0 aromatic carbocycles. The Hall–Kier alpha value is -0.0800. The Kier molecular flexibility index (Phi) is 4.87. The molecule has 17 heavy (non-hydrogen) atoms. The van der Waals surface area contributed by atoms with Crippen LogP contribution in [0.15, 0.2) is 0 Å². The zero-order valence-corrected chi connectivity index (χ0v) is 11.4. The standard InChI is InChI=1S/C15H29NO/c1-13-5-4-6-14(9-13)10-16-11-15(12-17)7-2-3-8-15/h13-14,16-17H,2-12H2,1H3. The summed E-state index contributed by atoms with van der Waals surface area (Å²) < 4.78 is 0. The van der Waals surface area contributed by atoms with Gasteiger partial charge in [-0.05, 0) is 44.1 Å². The molecule has 2 rings (SSSR count). The van der Waals surface area contributed by atoms with Gasteiger partial charge in [0, 0.05) is 18.6 Å². The van der Waals surface area contributed by atoms with E-state index in [1.54, 1.807) is 0 Å². The molecule has 0 amide bonds. The monoisotopic (exact) mass is 239 g/mol. The van der Waals surface area contributed by atoms with E-state index in [4.69, 9.17) is 0 Å². The van der Waals surface area contributed by atoms with E-state index in [1.165, 1.54) is 57.9 Å². The Morgan fingerprint density at radius 3 is 2.59 bits per heavy atom. The summed E-state index contributed by atoms with van der Waals surface area (Å²) in [7, 11) is 0. The summed E-state index contributed by atoms with van der Waals surface area (Å²) in [6.45, 7) is 4.97. The molecule has 2 aliphatic carbocycles. The van der Waals surface area contributed by atoms with Crippen molar-refractivity contribution in [3.05, 3.63) is 0 Å². The third-order valence-corrected chi connectivity index (χ3v) is 4.98. The van der Waals surface area contributed by atoms with Gasteiger partial charge in [-0.25, -0.2) is 0 Å². The largest absolute Gasteiger partial charge is 0.396 e. The van der Waals surface area contributed by atoms with Crippen molar-refractivity contribution in [3.63, 3.8) is 0 Å². The van der Waals surface area contributed by atoms with Crippen LogP contribution in [-0.4, -0.2) is 24.8 Å². The minimum Gasteiger partial charge on any atom is -0.396 e. The molecule has 0 aromatic rings. The lowest BCUT2D eigenvalue weighted by atomic mass is 9.82. The summed E-state index contributed by atoms with van der Waals surface area (Å²) >= 11 is 0. The van der Waals surface area contributed by atoms with Gasteiger partial charge in [0.2, 0.25) is 0 Å². The molecule has 2 fully saturated rings. The second kappa shape index (κ2) is 6.19. The number of hydrogen-bond donors (Lipinski definition) is 2. The first-order chi connectivity index (χ1) is 8.24. The first kappa shape index (κ1) is 13.4. The number of hydrogen-bond acceptors (Lipinski definition) is 2. The molecule has 2 saturated carbocycles. The van der Waals surface area contributed by atoms with Crippen LogP contribution in [0.5, 0.6) is 0 Å². The first-order valence-electron chi connectivity index (χ1n) is 7.56. The smallest absolute Gasteiger partial charge is 0.0499 e. The van der Waals surface area contributed by atoms with Gasteiger partial charge in [0.15, 0.2) is 0 Å². The fraction of sp³-hybridized carbons (Fsp3) is 1.00. The molecular weight excluding hydrogens is 210 g/mol. The molecule has 0 aromatic heterocycles. The van der Waals surface area contributed by atoms with E-state index in [1.807, 2.05) is 0 Å². The predicted octanol–water partition coefficient (Wildman–Crippen LogP) is 2.96. The maximum Gasteiger partial charge on any atom is 0.0499 e. The van der Waals surface area contributed by atoms with Crippen LogP contribution in [-0.2, 0) is 0 Å². The Balaban J connectivity index is 1.67. The van der Waals surface area contributed by atoms with Gasteiger partial charge in [-0.2, -0.15) is 0 Å². The van der Waals surface area contributed by atoms with E-state index in [9.17, 15) is 5.11 Å². The van der Waals surface area contributed by atoms with Gasteiger partial charge in [0.25, 0.3) is 0 Å². The van der Waals surface area contributed by atoms with Gasteiger partial charge in [-0.15, -0.1) is 0 Å². The van der Waals surface area contributed by atoms with Crippen LogP contribution in [0.2, 0.25) is 0 Å². The molecule has 100 valence electrons. The molecule has 2 heteroatoms. The van der Waals surface area contributed by atoms with Gasteiger partial charge in [0.05, 0.1) is 0 Å². The van der Waals surface area contributed by atoms with Crippen molar-refractivity contribution in [2.75, 3.05) is 19.7 Å². The summed E-state index contributed by atoms with van der Waals surface area (Å²) in [5, 5.41) is 13.2. The van der Waals surface area contributed by atoms with E-state index in [0.717, 1.165) is 18.4 Å². The molecule has 0 bridgehead atoms. The van der Waals surface area contributed by atoms with Crippen LogP contribution in [0.3, 0.4) is 0 Å². The van der Waals surface area contributed by atoms with Crippen molar-refractivity contribution >= 4 is 0 Å². The summed E-state index contributed by atoms with van der Waals surface area (Å²) in [6.07, 6.45) is 10.7. The summed E-state index contributed by atoms with van der Waals surface area (Å²) in [5.41, 5.74) is 0.223. The minimum absolute atomic E-state index is 0.223. The van der Waals surface area contributed by atoms with Gasteiger partial charge in [0.1, 0.15) is 0 Å². The summed E-state index contributed by atoms with van der Waals surface area (Å²) in [6, 6.07) is 0. The molecule has 2 N–H and O–H groups in total. The Labute approximate surface area is 106 Å².